The minimum atomic E-state index is -0.884. The Morgan fingerprint density at radius 1 is 1.48 bits per heavy atom. The number of rotatable bonds is 1. The Balaban J connectivity index is 2.11. The van der Waals surface area contributed by atoms with Crippen LogP contribution >= 0.6 is 0 Å². The highest BCUT2D eigenvalue weighted by atomic mass is 16.6. The Kier molecular flexibility index (Phi) is 4.19. The van der Waals surface area contributed by atoms with Crippen LogP contribution in [0.25, 0.3) is 0 Å². The van der Waals surface area contributed by atoms with Gasteiger partial charge < -0.3 is 19.3 Å². The van der Waals surface area contributed by atoms with E-state index in [4.69, 9.17) is 9.47 Å². The number of amides is 2. The summed E-state index contributed by atoms with van der Waals surface area (Å²) in [7, 11) is 0. The fourth-order valence-corrected chi connectivity index (χ4v) is 3.11. The van der Waals surface area contributed by atoms with Crippen molar-refractivity contribution in [3.8, 4) is 0 Å². The van der Waals surface area contributed by atoms with E-state index in [0.717, 1.165) is 0 Å². The molecule has 120 valence electrons. The van der Waals surface area contributed by atoms with E-state index < -0.39 is 11.2 Å². The molecule has 0 aromatic carbocycles. The molecule has 2 atom stereocenters. The minimum absolute atomic E-state index is 0.00856. The van der Waals surface area contributed by atoms with E-state index in [2.05, 4.69) is 0 Å². The third kappa shape index (κ3) is 3.15. The van der Waals surface area contributed by atoms with Gasteiger partial charge in [0.05, 0.1) is 13.2 Å². The predicted octanol–water partition coefficient (Wildman–Crippen LogP) is 1.63. The molecule has 0 aromatic heterocycles. The van der Waals surface area contributed by atoms with E-state index in [1.165, 1.54) is 0 Å². The van der Waals surface area contributed by atoms with Crippen molar-refractivity contribution in [2.75, 3.05) is 26.2 Å². The SMILES string of the molecule is CCN1C(=O)C2(CC1C)CN(C(=O)OC(C)(C)C)CCO2. The van der Waals surface area contributed by atoms with Crippen LogP contribution < -0.4 is 0 Å². The molecule has 1 spiro atoms. The molecule has 2 amide bonds. The van der Waals surface area contributed by atoms with Crippen molar-refractivity contribution < 1.29 is 19.1 Å². The fourth-order valence-electron chi connectivity index (χ4n) is 3.11. The third-order valence-corrected chi connectivity index (χ3v) is 3.99. The molecule has 0 saturated carbocycles. The molecule has 0 aliphatic carbocycles. The molecule has 21 heavy (non-hydrogen) atoms. The number of carbonyl (C=O) groups is 2. The number of nitrogens with zero attached hydrogens (tertiary/aromatic N) is 2. The Hall–Kier alpha value is -1.30. The van der Waals surface area contributed by atoms with Gasteiger partial charge in [0.15, 0.2) is 5.60 Å². The Bertz CT molecular complexity index is 432. The largest absolute Gasteiger partial charge is 0.444 e. The molecule has 6 nitrogen and oxygen atoms in total. The predicted molar refractivity (Wildman–Crippen MR) is 78.0 cm³/mol. The maximum absolute atomic E-state index is 12.6. The molecule has 0 N–H and O–H groups in total. The average molecular weight is 298 g/mol. The minimum Gasteiger partial charge on any atom is -0.444 e. The maximum Gasteiger partial charge on any atom is 0.410 e. The third-order valence-electron chi connectivity index (χ3n) is 3.99. The van der Waals surface area contributed by atoms with E-state index in [9.17, 15) is 9.59 Å². The van der Waals surface area contributed by atoms with Crippen molar-refractivity contribution in [2.24, 2.45) is 0 Å². The number of likely N-dealkylation sites (N-methyl/N-ethyl adjacent to an activating group) is 1. The van der Waals surface area contributed by atoms with Gasteiger partial charge in [-0.1, -0.05) is 0 Å². The van der Waals surface area contributed by atoms with E-state index in [-0.39, 0.29) is 24.6 Å². The molecule has 0 radical (unpaired) electrons. The first-order chi connectivity index (χ1) is 9.68. The van der Waals surface area contributed by atoms with Gasteiger partial charge in [0.2, 0.25) is 0 Å². The average Bonchev–Trinajstić information content (AvgIpc) is 2.58. The lowest BCUT2D eigenvalue weighted by Crippen LogP contribution is -2.58. The topological polar surface area (TPSA) is 59.1 Å². The number of morpholine rings is 1. The normalized spacial score (nSPS) is 30.1. The first-order valence-electron chi connectivity index (χ1n) is 7.61. The van der Waals surface area contributed by atoms with E-state index in [1.807, 2.05) is 39.5 Å². The smallest absolute Gasteiger partial charge is 0.410 e. The van der Waals surface area contributed by atoms with Gasteiger partial charge in [-0.3, -0.25) is 4.79 Å². The molecule has 2 heterocycles. The lowest BCUT2D eigenvalue weighted by molar-refractivity contribution is -0.159. The van der Waals surface area contributed by atoms with Crippen molar-refractivity contribution in [3.05, 3.63) is 0 Å². The molecule has 2 fully saturated rings. The highest BCUT2D eigenvalue weighted by Crippen LogP contribution is 2.34. The Labute approximate surface area is 126 Å². The van der Waals surface area contributed by atoms with Crippen LogP contribution in [0.5, 0.6) is 0 Å². The quantitative estimate of drug-likeness (QED) is 0.738. The molecule has 6 heteroatoms. The molecule has 0 aromatic rings. The first kappa shape index (κ1) is 16.1. The van der Waals surface area contributed by atoms with Crippen molar-refractivity contribution in [3.63, 3.8) is 0 Å². The molecule has 2 unspecified atom stereocenters. The molecule has 2 rings (SSSR count). The van der Waals surface area contributed by atoms with Crippen LogP contribution in [0.4, 0.5) is 4.79 Å². The molecule has 0 bridgehead atoms. The van der Waals surface area contributed by atoms with Gasteiger partial charge in [-0.05, 0) is 34.6 Å². The fraction of sp³-hybridized carbons (Fsp3) is 0.867. The van der Waals surface area contributed by atoms with Gasteiger partial charge in [-0.25, -0.2) is 4.79 Å². The van der Waals surface area contributed by atoms with Gasteiger partial charge in [0.25, 0.3) is 5.91 Å². The number of hydrogen-bond acceptors (Lipinski definition) is 4. The maximum atomic E-state index is 12.6. The van der Waals surface area contributed by atoms with Gasteiger partial charge >= 0.3 is 6.09 Å². The van der Waals surface area contributed by atoms with Crippen molar-refractivity contribution in [1.29, 1.82) is 0 Å². The summed E-state index contributed by atoms with van der Waals surface area (Å²) in [5.74, 6) is -0.00856. The molecule has 2 aliphatic rings. The van der Waals surface area contributed by atoms with Crippen LogP contribution in [0.2, 0.25) is 0 Å². The molecule has 2 aliphatic heterocycles. The summed E-state index contributed by atoms with van der Waals surface area (Å²) in [5.41, 5.74) is -1.42. The van der Waals surface area contributed by atoms with Crippen molar-refractivity contribution >= 4 is 12.0 Å². The summed E-state index contributed by atoms with van der Waals surface area (Å²) < 4.78 is 11.2. The number of likely N-dealkylation sites (tertiary alicyclic amines) is 1. The lowest BCUT2D eigenvalue weighted by Gasteiger charge is -2.39. The zero-order valence-electron chi connectivity index (χ0n) is 13.6. The van der Waals surface area contributed by atoms with E-state index >= 15 is 0 Å². The molecular weight excluding hydrogens is 272 g/mol. The monoisotopic (exact) mass is 298 g/mol. The first-order valence-corrected chi connectivity index (χ1v) is 7.61. The van der Waals surface area contributed by atoms with Gasteiger partial charge in [0.1, 0.15) is 5.60 Å². The standard InChI is InChI=1S/C15H26N2O4/c1-6-17-11(2)9-15(12(17)18)10-16(7-8-20-15)13(19)21-14(3,4)5/h11H,6-10H2,1-5H3. The Morgan fingerprint density at radius 3 is 2.67 bits per heavy atom. The number of hydrogen-bond donors (Lipinski definition) is 0. The lowest BCUT2D eigenvalue weighted by atomic mass is 9.97. The summed E-state index contributed by atoms with van der Waals surface area (Å²) >= 11 is 0. The van der Waals surface area contributed by atoms with E-state index in [0.29, 0.717) is 26.1 Å². The number of ether oxygens (including phenoxy) is 2. The van der Waals surface area contributed by atoms with Gasteiger partial charge in [0, 0.05) is 25.6 Å². The van der Waals surface area contributed by atoms with Crippen LogP contribution in [0.1, 0.15) is 41.0 Å². The second-order valence-corrected chi connectivity index (χ2v) is 6.89. The molecular formula is C15H26N2O4. The zero-order valence-corrected chi connectivity index (χ0v) is 13.6. The van der Waals surface area contributed by atoms with Crippen molar-refractivity contribution in [1.82, 2.24) is 9.80 Å². The van der Waals surface area contributed by atoms with Crippen LogP contribution in [0.15, 0.2) is 0 Å². The zero-order chi connectivity index (χ0) is 15.8. The highest BCUT2D eigenvalue weighted by Gasteiger charge is 2.54. The van der Waals surface area contributed by atoms with Crippen LogP contribution in [0.3, 0.4) is 0 Å². The van der Waals surface area contributed by atoms with Crippen LogP contribution in [-0.2, 0) is 14.3 Å². The summed E-state index contributed by atoms with van der Waals surface area (Å²) in [6.07, 6.45) is 0.250. The van der Waals surface area contributed by atoms with Gasteiger partial charge in [-0.2, -0.15) is 0 Å². The molecule has 2 saturated heterocycles. The highest BCUT2D eigenvalue weighted by molar-refractivity contribution is 5.89. The van der Waals surface area contributed by atoms with Crippen LogP contribution in [0, 0.1) is 0 Å². The summed E-state index contributed by atoms with van der Waals surface area (Å²) in [6.45, 7) is 11.3. The van der Waals surface area contributed by atoms with Crippen LogP contribution in [-0.4, -0.2) is 65.3 Å². The Morgan fingerprint density at radius 2 is 2.14 bits per heavy atom. The second-order valence-electron chi connectivity index (χ2n) is 6.89. The van der Waals surface area contributed by atoms with Crippen molar-refractivity contribution in [2.45, 2.75) is 58.3 Å². The summed E-state index contributed by atoms with van der Waals surface area (Å²) in [6, 6.07) is 0.140. The summed E-state index contributed by atoms with van der Waals surface area (Å²) in [4.78, 5) is 28.2. The number of carbonyl (C=O) groups excluding carboxylic acids is 2. The summed E-state index contributed by atoms with van der Waals surface area (Å²) in [5, 5.41) is 0. The second kappa shape index (κ2) is 5.48. The van der Waals surface area contributed by atoms with E-state index in [1.54, 1.807) is 4.90 Å². The van der Waals surface area contributed by atoms with Gasteiger partial charge in [-0.15, -0.1) is 0 Å².